The third-order valence-electron chi connectivity index (χ3n) is 3.87. The van der Waals surface area contributed by atoms with E-state index in [0.717, 1.165) is 24.5 Å². The fourth-order valence-corrected chi connectivity index (χ4v) is 2.58. The Morgan fingerprint density at radius 1 is 0.571 bits per heavy atom. The van der Waals surface area contributed by atoms with E-state index in [1.54, 1.807) is 0 Å². The zero-order chi connectivity index (χ0) is 25.4. The summed E-state index contributed by atoms with van der Waals surface area (Å²) in [7, 11) is -10.7. The van der Waals surface area contributed by atoms with Crippen molar-refractivity contribution in [3.63, 3.8) is 0 Å². The van der Waals surface area contributed by atoms with Crippen LogP contribution in [0, 0.1) is 69.2 Å². The van der Waals surface area contributed by atoms with E-state index in [9.17, 15) is 25.2 Å². The Bertz CT molecular complexity index is 492. The van der Waals surface area contributed by atoms with Gasteiger partial charge in [0.15, 0.2) is 0 Å². The van der Waals surface area contributed by atoms with Crippen LogP contribution < -0.4 is 0 Å². The molecule has 2 aliphatic carbocycles. The van der Waals surface area contributed by atoms with Gasteiger partial charge in [0, 0.05) is 19.1 Å². The molecule has 0 spiro atoms. The van der Waals surface area contributed by atoms with E-state index < -0.39 is 7.81 Å². The van der Waals surface area contributed by atoms with Crippen molar-refractivity contribution in [1.82, 2.24) is 4.90 Å². The second-order valence-corrected chi connectivity index (χ2v) is 9.19. The van der Waals surface area contributed by atoms with Gasteiger partial charge in [0.1, 0.15) is 0 Å². The number of halogens is 7. The molecule has 3 fully saturated rings. The van der Waals surface area contributed by atoms with Crippen LogP contribution in [0.25, 0.3) is 0 Å². The molecule has 0 unspecified atom stereocenters. The molecule has 1 heterocycles. The van der Waals surface area contributed by atoms with Crippen molar-refractivity contribution in [2.24, 2.45) is 0 Å². The molecule has 11 radical (unpaired) electrons. The molecule has 0 aromatic carbocycles. The summed E-state index contributed by atoms with van der Waals surface area (Å²) in [5.41, 5.74) is 0. The van der Waals surface area contributed by atoms with E-state index in [4.69, 9.17) is 30.5 Å². The predicted molar refractivity (Wildman–Crippen MR) is 119 cm³/mol. The van der Waals surface area contributed by atoms with E-state index in [1.807, 2.05) is 57.8 Å². The van der Waals surface area contributed by atoms with E-state index in [1.165, 1.54) is 0 Å². The van der Waals surface area contributed by atoms with E-state index in [2.05, 4.69) is 4.90 Å². The number of ether oxygens (including phenoxy) is 4. The summed E-state index contributed by atoms with van der Waals surface area (Å²) < 4.78 is 81.2. The van der Waals surface area contributed by atoms with Crippen molar-refractivity contribution in [3.05, 3.63) is 69.2 Å². The van der Waals surface area contributed by atoms with Crippen LogP contribution in [0.15, 0.2) is 0 Å². The SMILES string of the molecule is Cl[C]1[CH][CH][C](N2CCOCCOCCOCCOCC2)[CH][CH]1.F[P-](F)(F)(F)(F)F.[CH]1[CH][CH][CH][CH]1.[Fe+2]. The van der Waals surface area contributed by atoms with Gasteiger partial charge in [-0.1, -0.05) is 0 Å². The van der Waals surface area contributed by atoms with Crippen molar-refractivity contribution < 1.29 is 61.2 Å². The Hall–Kier alpha value is 0.619. The van der Waals surface area contributed by atoms with Gasteiger partial charge >= 0.3 is 50.1 Å². The average molecular weight is 596 g/mol. The van der Waals surface area contributed by atoms with Gasteiger partial charge in [0.25, 0.3) is 0 Å². The first-order chi connectivity index (χ1) is 15.8. The Kier molecular flexibility index (Phi) is 17.6. The van der Waals surface area contributed by atoms with Crippen LogP contribution in [0.4, 0.5) is 25.2 Å². The van der Waals surface area contributed by atoms with Crippen LogP contribution in [0.1, 0.15) is 0 Å². The molecular formula is C21H29ClF6FeNO4P+. The van der Waals surface area contributed by atoms with E-state index in [-0.39, 0.29) is 17.1 Å². The van der Waals surface area contributed by atoms with Crippen LogP contribution >= 0.6 is 19.4 Å². The monoisotopic (exact) mass is 595 g/mol. The van der Waals surface area contributed by atoms with Gasteiger partial charge in [-0.15, -0.1) is 11.6 Å². The minimum atomic E-state index is -10.7. The van der Waals surface area contributed by atoms with Gasteiger partial charge in [-0.2, -0.15) is 0 Å². The van der Waals surface area contributed by atoms with Crippen molar-refractivity contribution in [2.45, 2.75) is 0 Å². The van der Waals surface area contributed by atoms with Crippen LogP contribution in [-0.2, 0) is 36.0 Å². The zero-order valence-electron chi connectivity index (χ0n) is 18.8. The summed E-state index contributed by atoms with van der Waals surface area (Å²) in [5.74, 6) is 0. The van der Waals surface area contributed by atoms with Crippen LogP contribution in [0.2, 0.25) is 0 Å². The minimum Gasteiger partial charge on any atom is -0.0312 e. The number of hydrogen-bond donors (Lipinski definition) is 0. The van der Waals surface area contributed by atoms with Crippen molar-refractivity contribution in [3.8, 4) is 0 Å². The third kappa shape index (κ3) is 27.5. The first-order valence-electron chi connectivity index (χ1n) is 10.4. The van der Waals surface area contributed by atoms with Crippen LogP contribution in [0.3, 0.4) is 0 Å². The number of rotatable bonds is 1. The molecule has 203 valence electrons. The average Bonchev–Trinajstić information content (AvgIpc) is 3.30. The zero-order valence-corrected chi connectivity index (χ0v) is 21.5. The molecule has 0 aromatic heterocycles. The fraction of sp³-hybridized carbons (Fsp3) is 0.476. The molecule has 0 bridgehead atoms. The molecular weight excluding hydrogens is 566 g/mol. The molecule has 0 N–H and O–H groups in total. The van der Waals surface area contributed by atoms with Gasteiger partial charge in [0.2, 0.25) is 0 Å². The Morgan fingerprint density at radius 3 is 1.17 bits per heavy atom. The maximum Gasteiger partial charge on any atom is 2.00 e. The molecule has 3 rings (SSSR count). The second kappa shape index (κ2) is 17.3. The van der Waals surface area contributed by atoms with Crippen LogP contribution in [0.5, 0.6) is 0 Å². The van der Waals surface area contributed by atoms with Gasteiger partial charge in [-0.3, -0.25) is 4.90 Å². The topological polar surface area (TPSA) is 40.2 Å². The first-order valence-corrected chi connectivity index (χ1v) is 12.8. The maximum atomic E-state index is 9.87. The molecule has 14 heteroatoms. The molecule has 35 heavy (non-hydrogen) atoms. The van der Waals surface area contributed by atoms with Crippen LogP contribution in [-0.4, -0.2) is 70.8 Å². The predicted octanol–water partition coefficient (Wildman–Crippen LogP) is 5.90. The second-order valence-electron chi connectivity index (χ2n) is 6.83. The Labute approximate surface area is 220 Å². The normalized spacial score (nSPS) is 25.1. The van der Waals surface area contributed by atoms with Crippen molar-refractivity contribution in [1.29, 1.82) is 0 Å². The molecule has 2 saturated carbocycles. The largest absolute Gasteiger partial charge is 2.00 e. The number of nitrogens with zero attached hydrogens (tertiary/aromatic N) is 1. The summed E-state index contributed by atoms with van der Waals surface area (Å²) >= 11 is 5.95. The molecule has 3 aliphatic rings. The summed E-state index contributed by atoms with van der Waals surface area (Å²) in [4.78, 5) is 2.23. The summed E-state index contributed by atoms with van der Waals surface area (Å²) in [6.07, 6.45) is 17.8. The smallest absolute Gasteiger partial charge is 0.0312 e. The summed E-state index contributed by atoms with van der Waals surface area (Å²) in [6.45, 7) is 6.52. The molecule has 5 nitrogen and oxygen atoms in total. The first kappa shape index (κ1) is 35.6. The van der Waals surface area contributed by atoms with Crippen molar-refractivity contribution >= 4 is 19.4 Å². The quantitative estimate of drug-likeness (QED) is 0.214. The van der Waals surface area contributed by atoms with Gasteiger partial charge < -0.3 is 18.9 Å². The Balaban J connectivity index is 0.000000731. The molecule has 1 aliphatic heterocycles. The number of hydrogen-bond acceptors (Lipinski definition) is 5. The van der Waals surface area contributed by atoms with Gasteiger partial charge in [-0.25, -0.2) is 0 Å². The van der Waals surface area contributed by atoms with Gasteiger partial charge in [-0.05, 0) is 57.8 Å². The molecule has 0 atom stereocenters. The molecule has 1 saturated heterocycles. The standard InChI is InChI=1S/C16H24ClNO4.C5H5.F6P.Fe/c17-15-1-3-16(4-2-15)18-5-7-19-9-11-21-13-14-22-12-10-20-8-6-18;1-2-4-5-3-1;1-7(2,3,4,5)6;/h1-4H,5-14H2;1-5H;;/q;;-1;+2. The van der Waals surface area contributed by atoms with E-state index >= 15 is 0 Å². The summed E-state index contributed by atoms with van der Waals surface area (Å²) in [6, 6.07) is 1.12. The fourth-order valence-electron chi connectivity index (χ4n) is 2.45. The van der Waals surface area contributed by atoms with Crippen molar-refractivity contribution in [2.75, 3.05) is 65.9 Å². The van der Waals surface area contributed by atoms with E-state index in [0.29, 0.717) is 52.9 Å². The van der Waals surface area contributed by atoms with Gasteiger partial charge in [0.05, 0.1) is 58.2 Å². The summed E-state index contributed by atoms with van der Waals surface area (Å²) in [5, 5.41) is 0.740. The molecule has 0 amide bonds. The molecule has 0 aromatic rings. The minimum absolute atomic E-state index is 0. The Morgan fingerprint density at radius 2 is 0.857 bits per heavy atom. The third-order valence-corrected chi connectivity index (χ3v) is 4.13. The maximum absolute atomic E-state index is 10.7.